The van der Waals surface area contributed by atoms with Gasteiger partial charge in [-0.3, -0.25) is 0 Å². The summed E-state index contributed by atoms with van der Waals surface area (Å²) in [5.41, 5.74) is 0. The van der Waals surface area contributed by atoms with Crippen LogP contribution in [0, 0.1) is 5.82 Å². The maximum Gasteiger partial charge on any atom is 0.228 e. The maximum atomic E-state index is 13.9. The molecule has 1 rings (SSSR count). The summed E-state index contributed by atoms with van der Waals surface area (Å²) in [6, 6.07) is 2.69. The minimum Gasteiger partial charge on any atom is -0.491 e. The molecule has 0 spiro atoms. The lowest BCUT2D eigenvalue weighted by molar-refractivity contribution is 0.155. The third-order valence-corrected chi connectivity index (χ3v) is 2.39. The highest BCUT2D eigenvalue weighted by atomic mass is 19.1. The highest BCUT2D eigenvalue weighted by Crippen LogP contribution is 2.36. The van der Waals surface area contributed by atoms with E-state index in [1.807, 2.05) is 0 Å². The van der Waals surface area contributed by atoms with Gasteiger partial charge in [-0.05, 0) is 25.5 Å². The van der Waals surface area contributed by atoms with Crippen molar-refractivity contribution in [2.75, 3.05) is 20.1 Å². The second-order valence-electron chi connectivity index (χ2n) is 3.71. The topological polar surface area (TPSA) is 27.7 Å². The molecule has 3 nitrogen and oxygen atoms in total. The molecule has 0 aliphatic rings. The van der Waals surface area contributed by atoms with Crippen molar-refractivity contribution < 1.29 is 27.4 Å². The molecule has 19 heavy (non-hydrogen) atoms. The molecule has 0 saturated carbocycles. The molecule has 0 aliphatic heterocycles. The van der Waals surface area contributed by atoms with Gasteiger partial charge in [-0.25, -0.2) is 8.78 Å². The van der Waals surface area contributed by atoms with E-state index in [1.165, 1.54) is 12.1 Å². The number of rotatable bonds is 8. The zero-order chi connectivity index (χ0) is 14.3. The molecular formula is C13H17F3O3. The first kappa shape index (κ1) is 15.5. The fraction of sp³-hybridized carbons (Fsp3) is 0.538. The smallest absolute Gasteiger partial charge is 0.228 e. The summed E-state index contributed by atoms with van der Waals surface area (Å²) in [5.74, 6) is -1.37. The summed E-state index contributed by atoms with van der Waals surface area (Å²) in [7, 11) is 0. The molecule has 0 aromatic heterocycles. The maximum absolute atomic E-state index is 13.9. The van der Waals surface area contributed by atoms with Gasteiger partial charge in [0.2, 0.25) is 18.4 Å². The molecule has 6 heteroatoms. The Hall–Kier alpha value is -1.59. The first-order valence-electron chi connectivity index (χ1n) is 6.04. The predicted molar refractivity (Wildman–Crippen MR) is 64.9 cm³/mol. The molecule has 0 radical (unpaired) electrons. The Kier molecular flexibility index (Phi) is 6.32. The van der Waals surface area contributed by atoms with Crippen molar-refractivity contribution >= 4 is 0 Å². The molecule has 0 N–H and O–H groups in total. The minimum atomic E-state index is -1.21. The first-order chi connectivity index (χ1) is 9.13. The fourth-order valence-corrected chi connectivity index (χ4v) is 1.39. The summed E-state index contributed by atoms with van der Waals surface area (Å²) >= 11 is 0. The lowest BCUT2D eigenvalue weighted by Gasteiger charge is -2.15. The van der Waals surface area contributed by atoms with E-state index in [1.54, 1.807) is 13.8 Å². The summed E-state index contributed by atoms with van der Waals surface area (Å²) in [6.07, 6.45) is -0.897. The molecule has 1 aromatic carbocycles. The van der Waals surface area contributed by atoms with Crippen molar-refractivity contribution in [3.63, 3.8) is 0 Å². The van der Waals surface area contributed by atoms with Gasteiger partial charge in [0.25, 0.3) is 0 Å². The zero-order valence-corrected chi connectivity index (χ0v) is 10.9. The normalized spacial score (nSPS) is 12.1. The number of alkyl halides is 2. The lowest BCUT2D eigenvalue weighted by atomic mass is 10.2. The largest absolute Gasteiger partial charge is 0.491 e. The van der Waals surface area contributed by atoms with Gasteiger partial charge in [-0.2, -0.15) is 4.39 Å². The van der Waals surface area contributed by atoms with Crippen LogP contribution in [-0.4, -0.2) is 26.2 Å². The number of benzene rings is 1. The lowest BCUT2D eigenvalue weighted by Crippen LogP contribution is -2.12. The van der Waals surface area contributed by atoms with Crippen LogP contribution >= 0.6 is 0 Å². The highest BCUT2D eigenvalue weighted by Gasteiger charge is 2.18. The van der Waals surface area contributed by atoms with Gasteiger partial charge in [0.05, 0.1) is 6.61 Å². The molecule has 0 aliphatic carbocycles. The number of ether oxygens (including phenoxy) is 3. The van der Waals surface area contributed by atoms with Gasteiger partial charge in [-0.1, -0.05) is 6.92 Å². The van der Waals surface area contributed by atoms with Gasteiger partial charge in [0, 0.05) is 0 Å². The van der Waals surface area contributed by atoms with Gasteiger partial charge >= 0.3 is 0 Å². The van der Waals surface area contributed by atoms with E-state index in [4.69, 9.17) is 9.47 Å². The molecule has 1 aromatic rings. The van der Waals surface area contributed by atoms with E-state index in [2.05, 4.69) is 4.74 Å². The van der Waals surface area contributed by atoms with Crippen molar-refractivity contribution in [2.45, 2.75) is 26.4 Å². The van der Waals surface area contributed by atoms with Crippen LogP contribution in [0.2, 0.25) is 0 Å². The van der Waals surface area contributed by atoms with Gasteiger partial charge in [-0.15, -0.1) is 0 Å². The van der Waals surface area contributed by atoms with Crippen LogP contribution in [-0.2, 0) is 0 Å². The van der Waals surface area contributed by atoms with E-state index in [-0.39, 0.29) is 31.1 Å². The molecule has 1 unspecified atom stereocenters. The van der Waals surface area contributed by atoms with Crippen molar-refractivity contribution in [3.05, 3.63) is 17.9 Å². The summed E-state index contributed by atoms with van der Waals surface area (Å²) in [5, 5.41) is 0. The molecule has 1 atom stereocenters. The Balaban J connectivity index is 2.93. The van der Waals surface area contributed by atoms with Gasteiger partial charge in [0.1, 0.15) is 12.8 Å². The van der Waals surface area contributed by atoms with Crippen LogP contribution < -0.4 is 14.2 Å². The van der Waals surface area contributed by atoms with Crippen LogP contribution in [0.1, 0.15) is 20.3 Å². The Labute approximate surface area is 110 Å². The Bertz CT molecular complexity index is 399. The minimum absolute atomic E-state index is 0.0466. The molecule has 0 heterocycles. The number of hydrogen-bond donors (Lipinski definition) is 0. The molecule has 0 amide bonds. The average molecular weight is 278 g/mol. The fourth-order valence-electron chi connectivity index (χ4n) is 1.39. The van der Waals surface area contributed by atoms with Gasteiger partial charge in [0.15, 0.2) is 11.5 Å². The van der Waals surface area contributed by atoms with Crippen molar-refractivity contribution in [2.24, 2.45) is 0 Å². The van der Waals surface area contributed by atoms with E-state index < -0.39 is 24.6 Å². The molecule has 108 valence electrons. The number of hydrogen-bond acceptors (Lipinski definition) is 3. The summed E-state index contributed by atoms with van der Waals surface area (Å²) in [4.78, 5) is 0. The van der Waals surface area contributed by atoms with Gasteiger partial charge < -0.3 is 14.2 Å². The quantitative estimate of drug-likeness (QED) is 0.726. The van der Waals surface area contributed by atoms with E-state index in [0.29, 0.717) is 0 Å². The molecule has 0 saturated heterocycles. The zero-order valence-electron chi connectivity index (χ0n) is 10.9. The van der Waals surface area contributed by atoms with E-state index >= 15 is 0 Å². The predicted octanol–water partition coefficient (Wildman–Crippen LogP) is 3.66. The SMILES string of the molecule is CCOc1ccc(OCC(F)CC)c(OCF)c1F. The van der Waals surface area contributed by atoms with E-state index in [0.717, 1.165) is 0 Å². The summed E-state index contributed by atoms with van der Waals surface area (Å²) < 4.78 is 53.9. The third-order valence-electron chi connectivity index (χ3n) is 2.39. The second kappa shape index (κ2) is 7.76. The Morgan fingerprint density at radius 2 is 1.79 bits per heavy atom. The van der Waals surface area contributed by atoms with Crippen LogP contribution in [0.3, 0.4) is 0 Å². The van der Waals surface area contributed by atoms with Crippen LogP contribution in [0.25, 0.3) is 0 Å². The molecule has 0 fully saturated rings. The molecule has 0 bridgehead atoms. The van der Waals surface area contributed by atoms with Crippen LogP contribution in [0.4, 0.5) is 13.2 Å². The van der Waals surface area contributed by atoms with Crippen molar-refractivity contribution in [3.8, 4) is 17.2 Å². The average Bonchev–Trinajstić information content (AvgIpc) is 2.42. The monoisotopic (exact) mass is 278 g/mol. The Morgan fingerprint density at radius 1 is 1.11 bits per heavy atom. The summed E-state index contributed by atoms with van der Waals surface area (Å²) in [6.45, 7) is 2.15. The van der Waals surface area contributed by atoms with Crippen molar-refractivity contribution in [1.82, 2.24) is 0 Å². The third kappa shape index (κ3) is 4.22. The highest BCUT2D eigenvalue weighted by molar-refractivity contribution is 5.47. The number of halogens is 3. The Morgan fingerprint density at radius 3 is 2.37 bits per heavy atom. The standard InChI is InChI=1S/C13H17F3O3/c1-3-9(15)7-18-11-6-5-10(17-4-2)12(16)13(11)19-8-14/h5-6,9H,3-4,7-8H2,1-2H3. The van der Waals surface area contributed by atoms with Crippen LogP contribution in [0.15, 0.2) is 12.1 Å². The van der Waals surface area contributed by atoms with Crippen LogP contribution in [0.5, 0.6) is 17.2 Å². The molecular weight excluding hydrogens is 261 g/mol. The first-order valence-corrected chi connectivity index (χ1v) is 6.04. The second-order valence-corrected chi connectivity index (χ2v) is 3.71. The van der Waals surface area contributed by atoms with E-state index in [9.17, 15) is 13.2 Å². The van der Waals surface area contributed by atoms with Crippen molar-refractivity contribution in [1.29, 1.82) is 0 Å².